The minimum absolute atomic E-state index is 0.00524. The summed E-state index contributed by atoms with van der Waals surface area (Å²) in [4.78, 5) is 28.1. The summed E-state index contributed by atoms with van der Waals surface area (Å²) in [5, 5.41) is 5.81. The number of rotatable bonds is 10. The van der Waals surface area contributed by atoms with Gasteiger partial charge in [0.2, 0.25) is 5.91 Å². The lowest BCUT2D eigenvalue weighted by Gasteiger charge is -2.32. The van der Waals surface area contributed by atoms with Crippen molar-refractivity contribution in [2.24, 2.45) is 0 Å². The molecule has 7 heteroatoms. The number of hydrogen-bond donors (Lipinski definition) is 1. The van der Waals surface area contributed by atoms with Crippen molar-refractivity contribution < 1.29 is 14.3 Å². The van der Waals surface area contributed by atoms with E-state index in [0.29, 0.717) is 27.8 Å². The van der Waals surface area contributed by atoms with Gasteiger partial charge in [-0.25, -0.2) is 0 Å². The van der Waals surface area contributed by atoms with Crippen LogP contribution in [-0.4, -0.2) is 35.4 Å². The normalized spacial score (nSPS) is 12.7. The number of nitrogens with zero attached hydrogens (tertiary/aromatic N) is 1. The monoisotopic (exact) mass is 500 g/mol. The molecule has 0 aliphatic rings. The van der Waals surface area contributed by atoms with Crippen molar-refractivity contribution >= 4 is 45.8 Å². The van der Waals surface area contributed by atoms with E-state index >= 15 is 0 Å². The maximum Gasteiger partial charge on any atom is 0.261 e. The molecular weight excluding hydrogens is 471 g/mol. The van der Waals surface area contributed by atoms with E-state index in [1.54, 1.807) is 18.2 Å². The Morgan fingerprint density at radius 2 is 1.59 bits per heavy atom. The summed E-state index contributed by atoms with van der Waals surface area (Å²) in [5.74, 6) is 0.0768. The predicted octanol–water partition coefficient (Wildman–Crippen LogP) is 6.25. The molecule has 0 radical (unpaired) electrons. The van der Waals surface area contributed by atoms with Crippen LogP contribution in [0.15, 0.2) is 60.7 Å². The van der Waals surface area contributed by atoms with E-state index in [0.717, 1.165) is 17.2 Å². The number of fused-ring (bicyclic) bond motifs is 1. The summed E-state index contributed by atoms with van der Waals surface area (Å²) in [5.41, 5.74) is 0.596. The largest absolute Gasteiger partial charge is 0.483 e. The van der Waals surface area contributed by atoms with E-state index in [1.165, 1.54) is 4.90 Å². The first-order valence-electron chi connectivity index (χ1n) is 11.5. The van der Waals surface area contributed by atoms with E-state index in [-0.39, 0.29) is 31.0 Å². The van der Waals surface area contributed by atoms with E-state index < -0.39 is 6.04 Å². The second-order valence-corrected chi connectivity index (χ2v) is 9.04. The number of halogens is 2. The van der Waals surface area contributed by atoms with Crippen LogP contribution in [0.25, 0.3) is 10.8 Å². The van der Waals surface area contributed by atoms with Gasteiger partial charge in [-0.05, 0) is 43.4 Å². The molecule has 2 unspecified atom stereocenters. The van der Waals surface area contributed by atoms with Crippen LogP contribution < -0.4 is 10.1 Å². The second kappa shape index (κ2) is 12.1. The highest BCUT2D eigenvalue weighted by Gasteiger charge is 2.30. The average Bonchev–Trinajstić information content (AvgIpc) is 2.84. The van der Waals surface area contributed by atoms with Crippen molar-refractivity contribution in [1.82, 2.24) is 10.2 Å². The number of carbonyl (C=O) groups is 2. The molecule has 0 heterocycles. The first-order valence-corrected chi connectivity index (χ1v) is 12.2. The van der Waals surface area contributed by atoms with Crippen LogP contribution in [0.4, 0.5) is 0 Å². The zero-order valence-electron chi connectivity index (χ0n) is 19.7. The first-order chi connectivity index (χ1) is 16.3. The van der Waals surface area contributed by atoms with Gasteiger partial charge in [0.15, 0.2) is 6.61 Å². The average molecular weight is 501 g/mol. The molecule has 34 heavy (non-hydrogen) atoms. The Labute approximate surface area is 211 Å². The van der Waals surface area contributed by atoms with Crippen LogP contribution in [-0.2, 0) is 16.1 Å². The minimum atomic E-state index is -0.690. The zero-order chi connectivity index (χ0) is 24.7. The molecule has 0 aliphatic carbocycles. The first kappa shape index (κ1) is 25.9. The van der Waals surface area contributed by atoms with Crippen molar-refractivity contribution in [3.8, 4) is 5.75 Å². The fourth-order valence-corrected chi connectivity index (χ4v) is 4.28. The molecule has 0 saturated heterocycles. The summed E-state index contributed by atoms with van der Waals surface area (Å²) in [7, 11) is 0. The highest BCUT2D eigenvalue weighted by atomic mass is 35.5. The topological polar surface area (TPSA) is 58.6 Å². The van der Waals surface area contributed by atoms with Gasteiger partial charge in [0.25, 0.3) is 5.91 Å². The van der Waals surface area contributed by atoms with Crippen LogP contribution in [0.5, 0.6) is 5.75 Å². The number of carbonyl (C=O) groups excluding carboxylic acids is 2. The Morgan fingerprint density at radius 3 is 2.26 bits per heavy atom. The SMILES string of the molecule is CCC(C)NC(=O)C(CC)N(Cc1c(Cl)cccc1Cl)C(=O)COc1cccc2ccccc12. The molecule has 0 aromatic heterocycles. The van der Waals surface area contributed by atoms with Gasteiger partial charge in [-0.15, -0.1) is 0 Å². The molecule has 2 amide bonds. The van der Waals surface area contributed by atoms with E-state index in [4.69, 9.17) is 27.9 Å². The van der Waals surface area contributed by atoms with Gasteiger partial charge in [0, 0.05) is 33.6 Å². The fourth-order valence-electron chi connectivity index (χ4n) is 3.76. The minimum Gasteiger partial charge on any atom is -0.483 e. The molecule has 1 N–H and O–H groups in total. The predicted molar refractivity (Wildman–Crippen MR) is 138 cm³/mol. The summed E-state index contributed by atoms with van der Waals surface area (Å²) < 4.78 is 5.95. The standard InChI is InChI=1S/C27H30Cl2N2O3/c1-4-18(3)30-27(33)24(5-2)31(16-21-22(28)13-9-14-23(21)29)26(32)17-34-25-15-8-11-19-10-6-7-12-20(19)25/h6-15,18,24H,4-5,16-17H2,1-3H3,(H,30,33). The quantitative estimate of drug-likeness (QED) is 0.358. The molecule has 0 aliphatic heterocycles. The molecule has 0 bridgehead atoms. The third kappa shape index (κ3) is 6.22. The van der Waals surface area contributed by atoms with Gasteiger partial charge in [-0.1, -0.05) is 79.5 Å². The lowest BCUT2D eigenvalue weighted by atomic mass is 10.1. The van der Waals surface area contributed by atoms with E-state index in [9.17, 15) is 9.59 Å². The lowest BCUT2D eigenvalue weighted by Crippen LogP contribution is -2.51. The number of ether oxygens (including phenoxy) is 1. The molecule has 2 atom stereocenters. The Hall–Kier alpha value is -2.76. The molecule has 0 saturated carbocycles. The number of hydrogen-bond acceptors (Lipinski definition) is 3. The smallest absolute Gasteiger partial charge is 0.261 e. The molecule has 180 valence electrons. The van der Waals surface area contributed by atoms with E-state index in [2.05, 4.69) is 5.32 Å². The van der Waals surface area contributed by atoms with Crippen LogP contribution in [0.3, 0.4) is 0 Å². The Kier molecular flexibility index (Phi) is 9.20. The molecule has 0 fully saturated rings. The van der Waals surface area contributed by atoms with Gasteiger partial charge in [0.1, 0.15) is 11.8 Å². The van der Waals surface area contributed by atoms with Crippen LogP contribution >= 0.6 is 23.2 Å². The maximum absolute atomic E-state index is 13.5. The molecule has 3 rings (SSSR count). The number of amides is 2. The Bertz CT molecular complexity index is 1130. The van der Waals surface area contributed by atoms with Gasteiger partial charge in [-0.3, -0.25) is 9.59 Å². The maximum atomic E-state index is 13.5. The van der Waals surface area contributed by atoms with Crippen molar-refractivity contribution in [3.05, 3.63) is 76.3 Å². The molecule has 0 spiro atoms. The summed E-state index contributed by atoms with van der Waals surface area (Å²) >= 11 is 12.8. The molecule has 3 aromatic rings. The summed E-state index contributed by atoms with van der Waals surface area (Å²) in [6, 6.07) is 18.0. The third-order valence-corrected chi connectivity index (χ3v) is 6.59. The van der Waals surface area contributed by atoms with Crippen molar-refractivity contribution in [2.45, 2.75) is 52.2 Å². The Morgan fingerprint density at radius 1 is 0.941 bits per heavy atom. The van der Waals surface area contributed by atoms with Gasteiger partial charge in [-0.2, -0.15) is 0 Å². The summed E-state index contributed by atoms with van der Waals surface area (Å²) in [6.07, 6.45) is 1.22. The third-order valence-electron chi connectivity index (χ3n) is 5.88. The van der Waals surface area contributed by atoms with Crippen LogP contribution in [0.1, 0.15) is 39.2 Å². The number of nitrogens with one attached hydrogen (secondary N) is 1. The van der Waals surface area contributed by atoms with Crippen LogP contribution in [0.2, 0.25) is 10.0 Å². The highest BCUT2D eigenvalue weighted by molar-refractivity contribution is 6.36. The molecular formula is C27H30Cl2N2O3. The lowest BCUT2D eigenvalue weighted by molar-refractivity contribution is -0.143. The highest BCUT2D eigenvalue weighted by Crippen LogP contribution is 2.28. The number of benzene rings is 3. The fraction of sp³-hybridized carbons (Fsp3) is 0.333. The van der Waals surface area contributed by atoms with Crippen molar-refractivity contribution in [1.29, 1.82) is 0 Å². The van der Waals surface area contributed by atoms with E-state index in [1.807, 2.05) is 63.2 Å². The van der Waals surface area contributed by atoms with Crippen molar-refractivity contribution in [2.75, 3.05) is 6.61 Å². The zero-order valence-corrected chi connectivity index (χ0v) is 21.2. The van der Waals surface area contributed by atoms with Gasteiger partial charge < -0.3 is 15.0 Å². The van der Waals surface area contributed by atoms with Crippen molar-refractivity contribution in [3.63, 3.8) is 0 Å². The van der Waals surface area contributed by atoms with Crippen LogP contribution in [0, 0.1) is 0 Å². The molecule has 3 aromatic carbocycles. The van der Waals surface area contributed by atoms with Gasteiger partial charge >= 0.3 is 0 Å². The Balaban J connectivity index is 1.88. The second-order valence-electron chi connectivity index (χ2n) is 8.23. The van der Waals surface area contributed by atoms with Gasteiger partial charge in [0.05, 0.1) is 0 Å². The summed E-state index contributed by atoms with van der Waals surface area (Å²) in [6.45, 7) is 5.69. The molecule has 5 nitrogen and oxygen atoms in total.